The summed E-state index contributed by atoms with van der Waals surface area (Å²) in [4.78, 5) is 14.9. The lowest BCUT2D eigenvalue weighted by Gasteiger charge is -2.32. The number of rotatable bonds is 4. The highest BCUT2D eigenvalue weighted by atomic mass is 16.5. The summed E-state index contributed by atoms with van der Waals surface area (Å²) < 4.78 is 16.1. The van der Waals surface area contributed by atoms with E-state index in [9.17, 15) is 0 Å². The molecule has 0 unspecified atom stereocenters. The van der Waals surface area contributed by atoms with Crippen LogP contribution in [0.4, 0.5) is 5.82 Å². The summed E-state index contributed by atoms with van der Waals surface area (Å²) in [7, 11) is 0. The third kappa shape index (κ3) is 3.10. The van der Waals surface area contributed by atoms with Gasteiger partial charge in [-0.05, 0) is 6.92 Å². The number of ether oxygens (including phenoxy) is 2. The van der Waals surface area contributed by atoms with Crippen molar-refractivity contribution in [3.63, 3.8) is 0 Å². The van der Waals surface area contributed by atoms with Gasteiger partial charge in [0.2, 0.25) is 17.6 Å². The van der Waals surface area contributed by atoms with E-state index in [1.165, 1.54) is 0 Å². The molecule has 21 heavy (non-hydrogen) atoms. The summed E-state index contributed by atoms with van der Waals surface area (Å²) in [6.07, 6.45) is 3.09. The van der Waals surface area contributed by atoms with Crippen LogP contribution in [0.15, 0.2) is 16.9 Å². The Labute approximate surface area is 122 Å². The van der Waals surface area contributed by atoms with Crippen LogP contribution in [0.3, 0.4) is 0 Å². The molecule has 0 radical (unpaired) electrons. The van der Waals surface area contributed by atoms with Gasteiger partial charge >= 0.3 is 0 Å². The summed E-state index contributed by atoms with van der Waals surface area (Å²) in [5.41, 5.74) is 0. The van der Waals surface area contributed by atoms with Crippen molar-refractivity contribution in [2.24, 2.45) is 0 Å². The Hall–Kier alpha value is -2.22. The summed E-state index contributed by atoms with van der Waals surface area (Å²) in [6.45, 7) is 6.14. The summed E-state index contributed by atoms with van der Waals surface area (Å²) in [5.74, 6) is 2.37. The molecule has 2 aromatic heterocycles. The summed E-state index contributed by atoms with van der Waals surface area (Å²) in [6, 6.07) is 0. The van der Waals surface area contributed by atoms with Gasteiger partial charge in [-0.15, -0.1) is 0 Å². The largest absolute Gasteiger partial charge is 0.477 e. The van der Waals surface area contributed by atoms with Gasteiger partial charge in [-0.1, -0.05) is 5.16 Å². The number of aromatic nitrogens is 4. The summed E-state index contributed by atoms with van der Waals surface area (Å²) >= 11 is 0. The molecule has 1 aliphatic heterocycles. The first-order valence-corrected chi connectivity index (χ1v) is 6.88. The first-order chi connectivity index (χ1) is 10.3. The van der Waals surface area contributed by atoms with Gasteiger partial charge in [0.25, 0.3) is 0 Å². The lowest BCUT2D eigenvalue weighted by Crippen LogP contribution is -2.39. The van der Waals surface area contributed by atoms with Crippen LogP contribution in [0.25, 0.3) is 0 Å². The average molecular weight is 291 g/mol. The maximum atomic E-state index is 5.70. The van der Waals surface area contributed by atoms with Crippen molar-refractivity contribution in [2.45, 2.75) is 20.0 Å². The number of hydrogen-bond acceptors (Lipinski definition) is 8. The third-order valence-electron chi connectivity index (χ3n) is 3.11. The van der Waals surface area contributed by atoms with Crippen LogP contribution < -0.4 is 9.64 Å². The topological polar surface area (TPSA) is 86.4 Å². The number of morpholine rings is 1. The highest BCUT2D eigenvalue weighted by Gasteiger charge is 2.26. The van der Waals surface area contributed by atoms with Gasteiger partial charge in [-0.3, -0.25) is 4.98 Å². The van der Waals surface area contributed by atoms with Gasteiger partial charge in [0.05, 0.1) is 32.2 Å². The third-order valence-corrected chi connectivity index (χ3v) is 3.11. The van der Waals surface area contributed by atoms with Crippen LogP contribution in [-0.2, 0) is 4.74 Å². The zero-order chi connectivity index (χ0) is 14.7. The summed E-state index contributed by atoms with van der Waals surface area (Å²) in [5, 5.41) is 3.92. The van der Waals surface area contributed by atoms with Crippen molar-refractivity contribution in [1.82, 2.24) is 20.1 Å². The Morgan fingerprint density at radius 3 is 3.05 bits per heavy atom. The van der Waals surface area contributed by atoms with E-state index < -0.39 is 0 Å². The van der Waals surface area contributed by atoms with Crippen LogP contribution in [0.5, 0.6) is 5.88 Å². The molecule has 8 nitrogen and oxygen atoms in total. The number of anilines is 1. The van der Waals surface area contributed by atoms with Crippen LogP contribution in [-0.4, -0.2) is 46.4 Å². The van der Waals surface area contributed by atoms with E-state index >= 15 is 0 Å². The van der Waals surface area contributed by atoms with E-state index in [4.69, 9.17) is 14.0 Å². The molecule has 1 aliphatic rings. The van der Waals surface area contributed by atoms with Crippen molar-refractivity contribution in [1.29, 1.82) is 0 Å². The van der Waals surface area contributed by atoms with E-state index in [1.807, 2.05) is 6.92 Å². The van der Waals surface area contributed by atoms with Crippen LogP contribution >= 0.6 is 0 Å². The molecule has 3 rings (SSSR count). The Balaban J connectivity index is 1.75. The first kappa shape index (κ1) is 13.7. The lowest BCUT2D eigenvalue weighted by molar-refractivity contribution is 0.0323. The zero-order valence-electron chi connectivity index (χ0n) is 12.0. The predicted octanol–water partition coefficient (Wildman–Crippen LogP) is 1.14. The molecule has 2 aromatic rings. The Bertz CT molecular complexity index is 603. The van der Waals surface area contributed by atoms with Crippen LogP contribution in [0.2, 0.25) is 0 Å². The lowest BCUT2D eigenvalue weighted by atomic mass is 10.2. The van der Waals surface area contributed by atoms with Crippen molar-refractivity contribution < 1.29 is 14.0 Å². The Morgan fingerprint density at radius 2 is 2.29 bits per heavy atom. The second-order valence-electron chi connectivity index (χ2n) is 4.63. The number of aryl methyl sites for hydroxylation is 1. The molecule has 1 fully saturated rings. The highest BCUT2D eigenvalue weighted by Crippen LogP contribution is 2.23. The predicted molar refractivity (Wildman–Crippen MR) is 73.1 cm³/mol. The van der Waals surface area contributed by atoms with E-state index in [0.29, 0.717) is 37.4 Å². The standard InChI is InChI=1S/C13H17N5O3/c1-3-19-12-7-14-6-11(16-12)18-4-5-20-10(8-18)13-15-9(2)21-17-13/h6-7,10H,3-5,8H2,1-2H3/t10-/m1/s1. The molecule has 0 saturated carbocycles. The van der Waals surface area contributed by atoms with Gasteiger partial charge < -0.3 is 18.9 Å². The fraction of sp³-hybridized carbons (Fsp3) is 0.538. The molecule has 0 aromatic carbocycles. The number of nitrogens with zero attached hydrogens (tertiary/aromatic N) is 5. The zero-order valence-corrected chi connectivity index (χ0v) is 12.0. The Morgan fingerprint density at radius 1 is 1.38 bits per heavy atom. The monoisotopic (exact) mass is 291 g/mol. The SMILES string of the molecule is CCOc1cncc(N2CCO[C@@H](c3noc(C)n3)C2)n1. The minimum atomic E-state index is -0.228. The van der Waals surface area contributed by atoms with Crippen LogP contribution in [0, 0.1) is 6.92 Å². The smallest absolute Gasteiger partial charge is 0.234 e. The van der Waals surface area contributed by atoms with Crippen LogP contribution in [0.1, 0.15) is 24.7 Å². The second kappa shape index (κ2) is 6.04. The quantitative estimate of drug-likeness (QED) is 0.829. The fourth-order valence-corrected chi connectivity index (χ4v) is 2.17. The molecule has 1 saturated heterocycles. The van der Waals surface area contributed by atoms with E-state index in [-0.39, 0.29) is 6.10 Å². The van der Waals surface area contributed by atoms with E-state index in [2.05, 4.69) is 25.0 Å². The van der Waals surface area contributed by atoms with Gasteiger partial charge in [0.1, 0.15) is 6.10 Å². The molecule has 0 spiro atoms. The van der Waals surface area contributed by atoms with Crippen molar-refractivity contribution in [2.75, 3.05) is 31.2 Å². The van der Waals surface area contributed by atoms with E-state index in [0.717, 1.165) is 12.4 Å². The maximum absolute atomic E-state index is 5.70. The molecule has 3 heterocycles. The first-order valence-electron chi connectivity index (χ1n) is 6.88. The Kier molecular flexibility index (Phi) is 3.96. The molecule has 0 N–H and O–H groups in total. The van der Waals surface area contributed by atoms with Gasteiger partial charge in [0, 0.05) is 13.5 Å². The van der Waals surface area contributed by atoms with Gasteiger partial charge in [-0.25, -0.2) is 0 Å². The molecule has 0 bridgehead atoms. The number of hydrogen-bond donors (Lipinski definition) is 0. The average Bonchev–Trinajstić information content (AvgIpc) is 2.95. The minimum Gasteiger partial charge on any atom is -0.477 e. The van der Waals surface area contributed by atoms with Crippen molar-refractivity contribution in [3.8, 4) is 5.88 Å². The second-order valence-corrected chi connectivity index (χ2v) is 4.63. The minimum absolute atomic E-state index is 0.228. The van der Waals surface area contributed by atoms with Crippen molar-refractivity contribution in [3.05, 3.63) is 24.1 Å². The molecule has 1 atom stereocenters. The molecule has 8 heteroatoms. The molecular formula is C13H17N5O3. The van der Waals surface area contributed by atoms with Gasteiger partial charge in [-0.2, -0.15) is 9.97 Å². The highest BCUT2D eigenvalue weighted by molar-refractivity contribution is 5.38. The molecule has 0 aliphatic carbocycles. The molecule has 112 valence electrons. The fourth-order valence-electron chi connectivity index (χ4n) is 2.17. The van der Waals surface area contributed by atoms with E-state index in [1.54, 1.807) is 19.3 Å². The van der Waals surface area contributed by atoms with Crippen molar-refractivity contribution >= 4 is 5.82 Å². The normalized spacial score (nSPS) is 18.8. The van der Waals surface area contributed by atoms with Gasteiger partial charge in [0.15, 0.2) is 5.82 Å². The molecular weight excluding hydrogens is 274 g/mol. The maximum Gasteiger partial charge on any atom is 0.234 e. The molecule has 0 amide bonds.